The van der Waals surface area contributed by atoms with Gasteiger partial charge in [0.05, 0.1) is 13.0 Å². The van der Waals surface area contributed by atoms with Crippen LogP contribution in [-0.4, -0.2) is 61.0 Å². The van der Waals surface area contributed by atoms with Crippen LogP contribution in [0.15, 0.2) is 54.6 Å². The fraction of sp³-hybridized carbons (Fsp3) is 0.440. The van der Waals surface area contributed by atoms with E-state index in [1.54, 1.807) is 4.90 Å². The lowest BCUT2D eigenvalue weighted by Gasteiger charge is -2.22. The van der Waals surface area contributed by atoms with Gasteiger partial charge in [0, 0.05) is 26.2 Å². The van der Waals surface area contributed by atoms with E-state index in [0.717, 1.165) is 25.0 Å². The number of hydrogen-bond acceptors (Lipinski definition) is 4. The van der Waals surface area contributed by atoms with E-state index < -0.39 is 0 Å². The summed E-state index contributed by atoms with van der Waals surface area (Å²) in [6, 6.07) is 17.4. The van der Waals surface area contributed by atoms with Gasteiger partial charge in [-0.05, 0) is 42.7 Å². The molecule has 0 N–H and O–H groups in total. The largest absolute Gasteiger partial charge is 0.493 e. The van der Waals surface area contributed by atoms with Crippen LogP contribution in [0, 0.1) is 0 Å². The van der Waals surface area contributed by atoms with E-state index in [4.69, 9.17) is 9.47 Å². The van der Waals surface area contributed by atoms with Gasteiger partial charge < -0.3 is 19.3 Å². The molecule has 0 atom stereocenters. The first-order chi connectivity index (χ1) is 15.2. The Hall–Kier alpha value is -3.02. The number of nitrogens with zero attached hydrogens (tertiary/aromatic N) is 2. The fourth-order valence-corrected chi connectivity index (χ4v) is 3.62. The number of amides is 2. The molecule has 2 aromatic carbocycles. The molecule has 0 spiro atoms. The molecule has 0 unspecified atom stereocenters. The summed E-state index contributed by atoms with van der Waals surface area (Å²) in [5.74, 6) is 1.49. The Labute approximate surface area is 184 Å². The minimum Gasteiger partial charge on any atom is -0.493 e. The van der Waals surface area contributed by atoms with Crippen molar-refractivity contribution in [1.82, 2.24) is 9.80 Å². The van der Waals surface area contributed by atoms with Gasteiger partial charge in [-0.1, -0.05) is 43.7 Å². The predicted molar refractivity (Wildman–Crippen MR) is 120 cm³/mol. The number of rotatable bonds is 9. The van der Waals surface area contributed by atoms with Crippen molar-refractivity contribution in [3.8, 4) is 11.5 Å². The first-order valence-corrected chi connectivity index (χ1v) is 11.1. The van der Waals surface area contributed by atoms with Gasteiger partial charge in [-0.25, -0.2) is 0 Å². The number of hydrogen-bond donors (Lipinski definition) is 0. The summed E-state index contributed by atoms with van der Waals surface area (Å²) in [5.41, 5.74) is 1.27. The van der Waals surface area contributed by atoms with Crippen molar-refractivity contribution < 1.29 is 19.1 Å². The highest BCUT2D eigenvalue weighted by Gasteiger charge is 2.22. The van der Waals surface area contributed by atoms with Crippen LogP contribution in [0.2, 0.25) is 0 Å². The lowest BCUT2D eigenvalue weighted by molar-refractivity contribution is -0.135. The highest BCUT2D eigenvalue weighted by molar-refractivity contribution is 5.78. The van der Waals surface area contributed by atoms with Gasteiger partial charge in [-0.3, -0.25) is 9.59 Å². The zero-order valence-corrected chi connectivity index (χ0v) is 18.3. The van der Waals surface area contributed by atoms with E-state index >= 15 is 0 Å². The van der Waals surface area contributed by atoms with E-state index in [9.17, 15) is 9.59 Å². The maximum absolute atomic E-state index is 12.6. The van der Waals surface area contributed by atoms with Gasteiger partial charge >= 0.3 is 0 Å². The van der Waals surface area contributed by atoms with Crippen LogP contribution in [0.4, 0.5) is 0 Å². The third kappa shape index (κ3) is 7.31. The van der Waals surface area contributed by atoms with Crippen LogP contribution in [0.25, 0.3) is 0 Å². The summed E-state index contributed by atoms with van der Waals surface area (Å²) >= 11 is 0. The number of para-hydroxylation sites is 1. The van der Waals surface area contributed by atoms with Crippen molar-refractivity contribution in [2.75, 3.05) is 39.4 Å². The van der Waals surface area contributed by atoms with Gasteiger partial charge in [0.25, 0.3) is 5.91 Å². The molecule has 1 aliphatic heterocycles. The molecular weight excluding hydrogens is 392 g/mol. The third-order valence-electron chi connectivity index (χ3n) is 5.35. The minimum atomic E-state index is -0.0423. The molecule has 1 saturated heterocycles. The standard InChI is InChI=1S/C25H32N2O4/c1-2-7-21-10-12-23(13-11-21)31-20-25(29)27-16-6-15-26(17-18-27)24(28)14-19-30-22-8-4-3-5-9-22/h3-5,8-13H,2,6-7,14-20H2,1H3. The first-order valence-electron chi connectivity index (χ1n) is 11.1. The maximum Gasteiger partial charge on any atom is 0.260 e. The monoisotopic (exact) mass is 424 g/mol. The molecule has 0 saturated carbocycles. The summed E-state index contributed by atoms with van der Waals surface area (Å²) in [7, 11) is 0. The zero-order chi connectivity index (χ0) is 21.9. The van der Waals surface area contributed by atoms with Crippen molar-refractivity contribution in [1.29, 1.82) is 0 Å². The van der Waals surface area contributed by atoms with E-state index in [2.05, 4.69) is 6.92 Å². The Morgan fingerprint density at radius 2 is 1.45 bits per heavy atom. The average molecular weight is 425 g/mol. The summed E-state index contributed by atoms with van der Waals surface area (Å²) < 4.78 is 11.3. The van der Waals surface area contributed by atoms with Crippen molar-refractivity contribution in [3.05, 3.63) is 60.2 Å². The van der Waals surface area contributed by atoms with Crippen LogP contribution in [0.1, 0.15) is 31.7 Å². The van der Waals surface area contributed by atoms with E-state index in [1.165, 1.54) is 5.56 Å². The number of carbonyl (C=O) groups is 2. The van der Waals surface area contributed by atoms with Crippen LogP contribution in [0.3, 0.4) is 0 Å². The predicted octanol–water partition coefficient (Wildman–Crippen LogP) is 3.55. The molecule has 2 amide bonds. The molecule has 1 heterocycles. The second-order valence-corrected chi connectivity index (χ2v) is 7.71. The first kappa shape index (κ1) is 22.7. The van der Waals surface area contributed by atoms with Crippen molar-refractivity contribution >= 4 is 11.8 Å². The zero-order valence-electron chi connectivity index (χ0n) is 18.3. The lowest BCUT2D eigenvalue weighted by atomic mass is 10.1. The van der Waals surface area contributed by atoms with Gasteiger partial charge in [0.2, 0.25) is 5.91 Å². The molecule has 0 bridgehead atoms. The number of benzene rings is 2. The number of ether oxygens (including phenoxy) is 2. The van der Waals surface area contributed by atoms with Crippen LogP contribution in [0.5, 0.6) is 11.5 Å². The highest BCUT2D eigenvalue weighted by atomic mass is 16.5. The molecule has 1 aliphatic rings. The van der Waals surface area contributed by atoms with Crippen LogP contribution in [-0.2, 0) is 16.0 Å². The maximum atomic E-state index is 12.6. The van der Waals surface area contributed by atoms with E-state index in [-0.39, 0.29) is 18.4 Å². The summed E-state index contributed by atoms with van der Waals surface area (Å²) in [4.78, 5) is 28.7. The van der Waals surface area contributed by atoms with Gasteiger partial charge in [0.1, 0.15) is 11.5 Å². The van der Waals surface area contributed by atoms with Crippen molar-refractivity contribution in [2.45, 2.75) is 32.6 Å². The Bertz CT molecular complexity index is 823. The van der Waals surface area contributed by atoms with Crippen LogP contribution < -0.4 is 9.47 Å². The Balaban J connectivity index is 1.39. The molecule has 6 nitrogen and oxygen atoms in total. The second-order valence-electron chi connectivity index (χ2n) is 7.71. The molecule has 0 radical (unpaired) electrons. The van der Waals surface area contributed by atoms with Gasteiger partial charge in [-0.15, -0.1) is 0 Å². The SMILES string of the molecule is CCCc1ccc(OCC(=O)N2CCCN(C(=O)CCOc3ccccc3)CC2)cc1. The minimum absolute atomic E-state index is 0.0198. The number of aryl methyl sites for hydroxylation is 1. The third-order valence-corrected chi connectivity index (χ3v) is 5.35. The van der Waals surface area contributed by atoms with Gasteiger partial charge in [0.15, 0.2) is 6.61 Å². The molecular formula is C25H32N2O4. The average Bonchev–Trinajstić information content (AvgIpc) is 3.06. The molecule has 2 aromatic rings. The van der Waals surface area contributed by atoms with Crippen molar-refractivity contribution in [2.24, 2.45) is 0 Å². The highest BCUT2D eigenvalue weighted by Crippen LogP contribution is 2.14. The summed E-state index contributed by atoms with van der Waals surface area (Å²) in [6.07, 6.45) is 3.25. The lowest BCUT2D eigenvalue weighted by Crippen LogP contribution is -2.39. The molecule has 31 heavy (non-hydrogen) atoms. The van der Waals surface area contributed by atoms with Crippen LogP contribution >= 0.6 is 0 Å². The molecule has 166 valence electrons. The molecule has 1 fully saturated rings. The van der Waals surface area contributed by atoms with E-state index in [0.29, 0.717) is 45.0 Å². The summed E-state index contributed by atoms with van der Waals surface area (Å²) in [5, 5.41) is 0. The normalized spacial score (nSPS) is 14.1. The van der Waals surface area contributed by atoms with E-state index in [1.807, 2.05) is 59.5 Å². The molecule has 6 heteroatoms. The molecule has 3 rings (SSSR count). The number of carbonyl (C=O) groups excluding carboxylic acids is 2. The second kappa shape index (κ2) is 12.0. The Morgan fingerprint density at radius 3 is 2.13 bits per heavy atom. The quantitative estimate of drug-likeness (QED) is 0.618. The van der Waals surface area contributed by atoms with Crippen molar-refractivity contribution in [3.63, 3.8) is 0 Å². The Kier molecular flexibility index (Phi) is 8.76. The summed E-state index contributed by atoms with van der Waals surface area (Å²) in [6.45, 7) is 4.90. The topological polar surface area (TPSA) is 59.1 Å². The Morgan fingerprint density at radius 1 is 0.806 bits per heavy atom. The van der Waals surface area contributed by atoms with Gasteiger partial charge in [-0.2, -0.15) is 0 Å². The smallest absolute Gasteiger partial charge is 0.260 e. The molecule has 0 aliphatic carbocycles. The molecule has 0 aromatic heterocycles. The fourth-order valence-electron chi connectivity index (χ4n) is 3.62.